The largest absolute Gasteiger partial charge is 0.493 e. The van der Waals surface area contributed by atoms with E-state index in [1.54, 1.807) is 29.6 Å². The van der Waals surface area contributed by atoms with Gasteiger partial charge in [-0.1, -0.05) is 24.3 Å². The lowest BCUT2D eigenvalue weighted by atomic mass is 10.0. The zero-order valence-electron chi connectivity index (χ0n) is 17.5. The van der Waals surface area contributed by atoms with Crippen LogP contribution in [0, 0.1) is 0 Å². The van der Waals surface area contributed by atoms with Crippen LogP contribution in [0.1, 0.15) is 32.7 Å². The number of carbonyl (C=O) groups is 1. The molecular formula is C25H22N2O4S. The van der Waals surface area contributed by atoms with E-state index >= 15 is 0 Å². The third-order valence-corrected chi connectivity index (χ3v) is 6.23. The standard InChI is InChI=1S/C25H22N2O4S/c1-29-23-14-17(10-11-22(23)31-16-19-7-5-13-32-19)24-26-21-9-3-2-8-20(21)25(28)27(24)15-18-6-4-12-30-18/h2-14,24,26H,15-16H2,1H3. The third kappa shape index (κ3) is 3.94. The summed E-state index contributed by atoms with van der Waals surface area (Å²) >= 11 is 1.65. The quantitative estimate of drug-likeness (QED) is 0.395. The summed E-state index contributed by atoms with van der Waals surface area (Å²) in [6.45, 7) is 0.822. The minimum atomic E-state index is -0.386. The lowest BCUT2D eigenvalue weighted by Crippen LogP contribution is -2.42. The molecule has 1 aliphatic rings. The summed E-state index contributed by atoms with van der Waals surface area (Å²) in [4.78, 5) is 16.3. The zero-order valence-corrected chi connectivity index (χ0v) is 18.3. The third-order valence-electron chi connectivity index (χ3n) is 5.38. The summed E-state index contributed by atoms with van der Waals surface area (Å²) in [5.41, 5.74) is 2.33. The molecule has 1 amide bonds. The molecule has 3 heterocycles. The fourth-order valence-electron chi connectivity index (χ4n) is 3.81. The van der Waals surface area contributed by atoms with Gasteiger partial charge in [-0.2, -0.15) is 0 Å². The van der Waals surface area contributed by atoms with Gasteiger partial charge in [0.2, 0.25) is 0 Å². The van der Waals surface area contributed by atoms with Gasteiger partial charge in [0.1, 0.15) is 18.5 Å². The van der Waals surface area contributed by atoms with Crippen LogP contribution >= 0.6 is 11.3 Å². The van der Waals surface area contributed by atoms with Crippen LogP contribution in [0.15, 0.2) is 82.8 Å². The first-order chi connectivity index (χ1) is 15.7. The minimum Gasteiger partial charge on any atom is -0.493 e. The average Bonchev–Trinajstić information content (AvgIpc) is 3.54. The predicted octanol–water partition coefficient (Wildman–Crippen LogP) is 5.70. The topological polar surface area (TPSA) is 63.9 Å². The molecule has 0 aliphatic carbocycles. The number of hydrogen-bond donors (Lipinski definition) is 1. The van der Waals surface area contributed by atoms with Crippen LogP contribution in [0.4, 0.5) is 5.69 Å². The first-order valence-corrected chi connectivity index (χ1v) is 11.1. The van der Waals surface area contributed by atoms with E-state index in [4.69, 9.17) is 13.9 Å². The van der Waals surface area contributed by atoms with Crippen LogP contribution in [0.2, 0.25) is 0 Å². The number of carbonyl (C=O) groups excluding carboxylic acids is 1. The van der Waals surface area contributed by atoms with Crippen LogP contribution in [0.3, 0.4) is 0 Å². The molecule has 1 N–H and O–H groups in total. The first kappa shape index (κ1) is 20.2. The number of ether oxygens (including phenoxy) is 2. The molecule has 6 nitrogen and oxygen atoms in total. The van der Waals surface area contributed by atoms with Crippen molar-refractivity contribution in [3.05, 3.63) is 100 Å². The van der Waals surface area contributed by atoms with Gasteiger partial charge < -0.3 is 24.1 Å². The number of hydrogen-bond acceptors (Lipinski definition) is 6. The zero-order chi connectivity index (χ0) is 21.9. The highest BCUT2D eigenvalue weighted by Crippen LogP contribution is 2.38. The molecule has 1 atom stereocenters. The van der Waals surface area contributed by atoms with E-state index in [1.165, 1.54) is 0 Å². The van der Waals surface area contributed by atoms with Crippen LogP contribution in [-0.2, 0) is 13.2 Å². The van der Waals surface area contributed by atoms with Gasteiger partial charge in [-0.3, -0.25) is 4.79 Å². The Morgan fingerprint density at radius 3 is 2.75 bits per heavy atom. The molecule has 1 aliphatic heterocycles. The van der Waals surface area contributed by atoms with E-state index in [-0.39, 0.29) is 12.1 Å². The van der Waals surface area contributed by atoms with Crippen LogP contribution in [-0.4, -0.2) is 17.9 Å². The normalized spacial score (nSPS) is 15.2. The molecule has 0 fully saturated rings. The number of rotatable bonds is 7. The number of fused-ring (bicyclic) bond motifs is 1. The van der Waals surface area contributed by atoms with E-state index in [9.17, 15) is 4.79 Å². The number of nitrogens with zero attached hydrogens (tertiary/aromatic N) is 1. The summed E-state index contributed by atoms with van der Waals surface area (Å²) in [5.74, 6) is 1.93. The number of furan rings is 1. The molecule has 0 bridgehead atoms. The maximum absolute atomic E-state index is 13.4. The van der Waals surface area contributed by atoms with Gasteiger partial charge >= 0.3 is 0 Å². The van der Waals surface area contributed by atoms with Crippen molar-refractivity contribution in [2.75, 3.05) is 12.4 Å². The average molecular weight is 447 g/mol. The molecule has 7 heteroatoms. The van der Waals surface area contributed by atoms with Crippen molar-refractivity contribution in [3.63, 3.8) is 0 Å². The van der Waals surface area contributed by atoms with Crippen LogP contribution in [0.25, 0.3) is 0 Å². The molecule has 2 aromatic carbocycles. The summed E-state index contributed by atoms with van der Waals surface area (Å²) in [7, 11) is 1.62. The van der Waals surface area contributed by atoms with Gasteiger partial charge in [0.05, 0.1) is 25.5 Å². The van der Waals surface area contributed by atoms with E-state index in [0.29, 0.717) is 36.0 Å². The number of benzene rings is 2. The minimum absolute atomic E-state index is 0.0576. The molecule has 0 spiro atoms. The lowest BCUT2D eigenvalue weighted by molar-refractivity contribution is 0.0651. The fraction of sp³-hybridized carbons (Fsp3) is 0.160. The van der Waals surface area contributed by atoms with Crippen molar-refractivity contribution in [2.45, 2.75) is 19.3 Å². The highest BCUT2D eigenvalue weighted by Gasteiger charge is 2.33. The van der Waals surface area contributed by atoms with Crippen LogP contribution < -0.4 is 14.8 Å². The van der Waals surface area contributed by atoms with E-state index < -0.39 is 0 Å². The monoisotopic (exact) mass is 446 g/mol. The van der Waals surface area contributed by atoms with E-state index in [1.807, 2.05) is 72.1 Å². The number of para-hydroxylation sites is 1. The maximum atomic E-state index is 13.4. The smallest absolute Gasteiger partial charge is 0.258 e. The molecule has 1 unspecified atom stereocenters. The Bertz CT molecular complexity index is 1200. The van der Waals surface area contributed by atoms with Crippen molar-refractivity contribution in [3.8, 4) is 11.5 Å². The summed E-state index contributed by atoms with van der Waals surface area (Å²) in [6.07, 6.45) is 1.23. The van der Waals surface area contributed by atoms with Crippen molar-refractivity contribution in [1.82, 2.24) is 4.90 Å². The molecular weight excluding hydrogens is 424 g/mol. The van der Waals surface area contributed by atoms with Crippen molar-refractivity contribution >= 4 is 22.9 Å². The second-order valence-electron chi connectivity index (χ2n) is 7.38. The van der Waals surface area contributed by atoms with Gasteiger partial charge in [0.15, 0.2) is 11.5 Å². The number of anilines is 1. The molecule has 0 saturated heterocycles. The lowest BCUT2D eigenvalue weighted by Gasteiger charge is -2.37. The van der Waals surface area contributed by atoms with Gasteiger partial charge in [0, 0.05) is 10.6 Å². The molecule has 2 aromatic heterocycles. The Kier molecular flexibility index (Phi) is 5.56. The fourth-order valence-corrected chi connectivity index (χ4v) is 4.42. The molecule has 162 valence electrons. The SMILES string of the molecule is COc1cc(C2Nc3ccccc3C(=O)N2Cc2ccco2)ccc1OCc1cccs1. The Morgan fingerprint density at radius 2 is 1.97 bits per heavy atom. The summed E-state index contributed by atoms with van der Waals surface area (Å²) in [5, 5.41) is 5.52. The molecule has 0 saturated carbocycles. The molecule has 32 heavy (non-hydrogen) atoms. The predicted molar refractivity (Wildman–Crippen MR) is 123 cm³/mol. The molecule has 4 aromatic rings. The van der Waals surface area contributed by atoms with Gasteiger partial charge in [-0.15, -0.1) is 11.3 Å². The Morgan fingerprint density at radius 1 is 1.06 bits per heavy atom. The van der Waals surface area contributed by atoms with Crippen molar-refractivity contribution in [1.29, 1.82) is 0 Å². The highest BCUT2D eigenvalue weighted by atomic mass is 32.1. The molecule has 0 radical (unpaired) electrons. The van der Waals surface area contributed by atoms with E-state index in [2.05, 4.69) is 5.32 Å². The number of thiophene rings is 1. The number of amides is 1. The second-order valence-corrected chi connectivity index (χ2v) is 8.42. The van der Waals surface area contributed by atoms with Crippen LogP contribution in [0.5, 0.6) is 11.5 Å². The second kappa shape index (κ2) is 8.80. The van der Waals surface area contributed by atoms with Gasteiger partial charge in [0.25, 0.3) is 5.91 Å². The number of methoxy groups -OCH3 is 1. The first-order valence-electron chi connectivity index (χ1n) is 10.2. The Balaban J connectivity index is 1.47. The van der Waals surface area contributed by atoms with E-state index in [0.717, 1.165) is 16.1 Å². The Labute approximate surface area is 190 Å². The summed E-state index contributed by atoms with van der Waals surface area (Å²) in [6, 6.07) is 21.0. The van der Waals surface area contributed by atoms with Gasteiger partial charge in [-0.25, -0.2) is 0 Å². The number of nitrogens with one attached hydrogen (secondary N) is 1. The molecule has 5 rings (SSSR count). The highest BCUT2D eigenvalue weighted by molar-refractivity contribution is 7.09. The summed E-state index contributed by atoms with van der Waals surface area (Å²) < 4.78 is 17.1. The van der Waals surface area contributed by atoms with Gasteiger partial charge in [-0.05, 0) is 53.4 Å². The maximum Gasteiger partial charge on any atom is 0.258 e. The Hall–Kier alpha value is -3.71. The van der Waals surface area contributed by atoms with Crippen molar-refractivity contribution < 1.29 is 18.7 Å². The van der Waals surface area contributed by atoms with Crippen molar-refractivity contribution in [2.24, 2.45) is 0 Å².